The highest BCUT2D eigenvalue weighted by Crippen LogP contribution is 2.20. The van der Waals surface area contributed by atoms with Crippen LogP contribution in [-0.4, -0.2) is 36.6 Å². The fraction of sp³-hybridized carbons (Fsp3) is 0.143. The van der Waals surface area contributed by atoms with Gasteiger partial charge in [-0.25, -0.2) is 4.79 Å². The van der Waals surface area contributed by atoms with Crippen LogP contribution < -0.4 is 4.80 Å². The summed E-state index contributed by atoms with van der Waals surface area (Å²) >= 11 is 7.26. The molecule has 0 saturated carbocycles. The molecule has 0 atom stereocenters. The highest BCUT2D eigenvalue weighted by molar-refractivity contribution is 7.16. The van der Waals surface area contributed by atoms with Gasteiger partial charge in [0.1, 0.15) is 6.54 Å². The number of benzene rings is 2. The standard InChI is InChI=1S/C21H17ClN2O5S/c1-28-19(26)12-24-16-9-7-14(20(27)29-2)11-17(16)30-21(24)23-18(25)10-8-13-5-3-4-6-15(13)22/h3-11H,12H2,1-2H3/b10-8+,23-21?. The number of amides is 1. The summed E-state index contributed by atoms with van der Waals surface area (Å²) in [4.78, 5) is 40.5. The lowest BCUT2D eigenvalue weighted by Gasteiger charge is -2.04. The van der Waals surface area contributed by atoms with Gasteiger partial charge in [-0.2, -0.15) is 4.99 Å². The molecule has 1 aromatic heterocycles. The number of hydrogen-bond acceptors (Lipinski definition) is 6. The van der Waals surface area contributed by atoms with Gasteiger partial charge in [-0.05, 0) is 35.9 Å². The average Bonchev–Trinajstić information content (AvgIpc) is 3.08. The Morgan fingerprint density at radius 1 is 1.13 bits per heavy atom. The highest BCUT2D eigenvalue weighted by atomic mass is 35.5. The monoisotopic (exact) mass is 444 g/mol. The second kappa shape index (κ2) is 9.51. The number of thiazole rings is 1. The van der Waals surface area contributed by atoms with Crippen molar-refractivity contribution in [1.29, 1.82) is 0 Å². The van der Waals surface area contributed by atoms with Gasteiger partial charge in [0.15, 0.2) is 4.80 Å². The smallest absolute Gasteiger partial charge is 0.337 e. The molecular weight excluding hydrogens is 428 g/mol. The molecule has 0 N–H and O–H groups in total. The Hall–Kier alpha value is -3.23. The maximum absolute atomic E-state index is 12.4. The predicted octanol–water partition coefficient (Wildman–Crippen LogP) is 3.46. The van der Waals surface area contributed by atoms with E-state index in [1.54, 1.807) is 47.0 Å². The van der Waals surface area contributed by atoms with Crippen molar-refractivity contribution in [2.75, 3.05) is 14.2 Å². The molecule has 0 aliphatic rings. The van der Waals surface area contributed by atoms with Gasteiger partial charge in [-0.3, -0.25) is 9.59 Å². The Morgan fingerprint density at radius 2 is 1.90 bits per heavy atom. The van der Waals surface area contributed by atoms with Crippen LogP contribution in [0.25, 0.3) is 16.3 Å². The molecule has 0 spiro atoms. The first kappa shape index (κ1) is 21.5. The molecule has 3 aromatic rings. The maximum Gasteiger partial charge on any atom is 0.337 e. The minimum Gasteiger partial charge on any atom is -0.468 e. The minimum atomic E-state index is -0.520. The Bertz CT molecular complexity index is 1230. The number of ether oxygens (including phenoxy) is 2. The molecule has 0 saturated heterocycles. The zero-order chi connectivity index (χ0) is 21.7. The molecule has 1 amide bonds. The highest BCUT2D eigenvalue weighted by Gasteiger charge is 2.14. The summed E-state index contributed by atoms with van der Waals surface area (Å²) in [6.45, 7) is -0.131. The van der Waals surface area contributed by atoms with Gasteiger partial charge in [-0.15, -0.1) is 0 Å². The number of methoxy groups -OCH3 is 2. The van der Waals surface area contributed by atoms with Crippen LogP contribution >= 0.6 is 22.9 Å². The van der Waals surface area contributed by atoms with E-state index in [4.69, 9.17) is 21.1 Å². The maximum atomic E-state index is 12.4. The van der Waals surface area contributed by atoms with Crippen molar-refractivity contribution in [3.8, 4) is 0 Å². The second-order valence-corrected chi connectivity index (χ2v) is 7.44. The quantitative estimate of drug-likeness (QED) is 0.444. The van der Waals surface area contributed by atoms with Gasteiger partial charge in [0.25, 0.3) is 5.91 Å². The van der Waals surface area contributed by atoms with Crippen molar-refractivity contribution in [1.82, 2.24) is 4.57 Å². The molecule has 1 heterocycles. The SMILES string of the molecule is COC(=O)Cn1c(=NC(=O)/C=C/c2ccccc2Cl)sc2cc(C(=O)OC)ccc21. The fourth-order valence-corrected chi connectivity index (χ4v) is 3.93. The minimum absolute atomic E-state index is 0.131. The molecule has 9 heteroatoms. The molecule has 2 aromatic carbocycles. The Labute approximate surface area is 180 Å². The molecular formula is C21H17ClN2O5S. The van der Waals surface area contributed by atoms with Gasteiger partial charge < -0.3 is 14.0 Å². The topological polar surface area (TPSA) is 87.0 Å². The van der Waals surface area contributed by atoms with E-state index in [1.165, 1.54) is 31.6 Å². The Balaban J connectivity index is 2.04. The van der Waals surface area contributed by atoms with Gasteiger partial charge in [0, 0.05) is 11.1 Å². The number of carbonyl (C=O) groups excluding carboxylic acids is 3. The van der Waals surface area contributed by atoms with Crippen molar-refractivity contribution in [2.45, 2.75) is 6.54 Å². The Kier molecular flexibility index (Phi) is 6.81. The second-order valence-electron chi connectivity index (χ2n) is 6.03. The third-order valence-corrected chi connectivity index (χ3v) is 5.52. The van der Waals surface area contributed by atoms with Crippen molar-refractivity contribution < 1.29 is 23.9 Å². The van der Waals surface area contributed by atoms with Crippen LogP contribution in [0.1, 0.15) is 15.9 Å². The first-order valence-electron chi connectivity index (χ1n) is 8.72. The van der Waals surface area contributed by atoms with Crippen LogP contribution in [0.15, 0.2) is 53.5 Å². The number of hydrogen-bond donors (Lipinski definition) is 0. The summed E-state index contributed by atoms with van der Waals surface area (Å²) in [7, 11) is 2.57. The van der Waals surface area contributed by atoms with E-state index in [-0.39, 0.29) is 6.54 Å². The largest absolute Gasteiger partial charge is 0.468 e. The van der Waals surface area contributed by atoms with Crippen LogP contribution in [0.4, 0.5) is 0 Å². The van der Waals surface area contributed by atoms with Crippen molar-refractivity contribution in [3.05, 3.63) is 69.5 Å². The number of fused-ring (bicyclic) bond motifs is 1. The number of rotatable bonds is 5. The predicted molar refractivity (Wildman–Crippen MR) is 114 cm³/mol. The zero-order valence-electron chi connectivity index (χ0n) is 16.1. The summed E-state index contributed by atoms with van der Waals surface area (Å²) in [6, 6.07) is 12.0. The molecule has 0 unspecified atom stereocenters. The molecule has 0 aliphatic carbocycles. The molecule has 0 fully saturated rings. The van der Waals surface area contributed by atoms with Crippen molar-refractivity contribution >= 4 is 57.1 Å². The number of aromatic nitrogens is 1. The average molecular weight is 445 g/mol. The summed E-state index contributed by atoms with van der Waals surface area (Å²) in [5.74, 6) is -1.50. The molecule has 30 heavy (non-hydrogen) atoms. The third-order valence-electron chi connectivity index (χ3n) is 4.14. The van der Waals surface area contributed by atoms with E-state index in [0.717, 1.165) is 0 Å². The van der Waals surface area contributed by atoms with Crippen LogP contribution in [0.3, 0.4) is 0 Å². The molecule has 0 radical (unpaired) electrons. The molecule has 154 valence electrons. The van der Waals surface area contributed by atoms with Crippen LogP contribution in [0.2, 0.25) is 5.02 Å². The Morgan fingerprint density at radius 3 is 2.60 bits per heavy atom. The third kappa shape index (κ3) is 4.84. The van der Waals surface area contributed by atoms with E-state index in [0.29, 0.717) is 31.2 Å². The normalized spacial score (nSPS) is 11.8. The molecule has 0 aliphatic heterocycles. The van der Waals surface area contributed by atoms with Crippen molar-refractivity contribution in [2.24, 2.45) is 4.99 Å². The van der Waals surface area contributed by atoms with Crippen LogP contribution in [-0.2, 0) is 25.6 Å². The zero-order valence-corrected chi connectivity index (χ0v) is 17.7. The summed E-state index contributed by atoms with van der Waals surface area (Å²) in [5.41, 5.74) is 1.68. The number of nitrogens with zero attached hydrogens (tertiary/aromatic N) is 2. The summed E-state index contributed by atoms with van der Waals surface area (Å²) in [5, 5.41) is 0.513. The number of esters is 2. The lowest BCUT2D eigenvalue weighted by Crippen LogP contribution is -2.22. The summed E-state index contributed by atoms with van der Waals surface area (Å²) < 4.78 is 11.7. The molecule has 0 bridgehead atoms. The molecule has 7 nitrogen and oxygen atoms in total. The van der Waals surface area contributed by atoms with Crippen LogP contribution in [0, 0.1) is 0 Å². The number of halogens is 1. The van der Waals surface area contributed by atoms with E-state index < -0.39 is 17.8 Å². The lowest BCUT2D eigenvalue weighted by atomic mass is 10.2. The lowest BCUT2D eigenvalue weighted by molar-refractivity contribution is -0.141. The van der Waals surface area contributed by atoms with Crippen LogP contribution in [0.5, 0.6) is 0 Å². The van der Waals surface area contributed by atoms with Gasteiger partial charge in [0.2, 0.25) is 0 Å². The molecule has 3 rings (SSSR count). The number of carbonyl (C=O) groups is 3. The van der Waals surface area contributed by atoms with Gasteiger partial charge >= 0.3 is 11.9 Å². The van der Waals surface area contributed by atoms with E-state index >= 15 is 0 Å². The van der Waals surface area contributed by atoms with E-state index in [1.807, 2.05) is 6.07 Å². The van der Waals surface area contributed by atoms with Gasteiger partial charge in [0.05, 0.1) is 30.0 Å². The van der Waals surface area contributed by atoms with E-state index in [9.17, 15) is 14.4 Å². The van der Waals surface area contributed by atoms with E-state index in [2.05, 4.69) is 4.99 Å². The summed E-state index contributed by atoms with van der Waals surface area (Å²) in [6.07, 6.45) is 2.87. The first-order chi connectivity index (χ1) is 14.4. The van der Waals surface area contributed by atoms with Gasteiger partial charge in [-0.1, -0.05) is 41.1 Å². The first-order valence-corrected chi connectivity index (χ1v) is 9.92. The fourth-order valence-electron chi connectivity index (χ4n) is 2.65. The van der Waals surface area contributed by atoms with Crippen molar-refractivity contribution in [3.63, 3.8) is 0 Å².